The molecule has 2 aliphatic heterocycles. The minimum absolute atomic E-state index is 0. The van der Waals surface area contributed by atoms with E-state index in [0.29, 0.717) is 24.8 Å². The van der Waals surface area contributed by atoms with Crippen LogP contribution in [0.15, 0.2) is 0 Å². The molecular weight excluding hydrogens is 326 g/mol. The Kier molecular flexibility index (Phi) is 7.96. The molecule has 1 atom stereocenters. The largest absolute Gasteiger partial charge is 0.384 e. The molecule has 2 N–H and O–H groups in total. The number of thioether (sulfide) groups is 1. The number of nitrogens with one attached hydrogen (secondary N) is 2. The molecule has 2 rings (SSSR count). The first-order valence-electron chi connectivity index (χ1n) is 7.40. The van der Waals surface area contributed by atoms with Crippen molar-refractivity contribution in [3.05, 3.63) is 0 Å². The van der Waals surface area contributed by atoms with E-state index in [-0.39, 0.29) is 35.7 Å². The van der Waals surface area contributed by atoms with Crippen LogP contribution >= 0.6 is 24.2 Å². The zero-order valence-corrected chi connectivity index (χ0v) is 14.9. The Morgan fingerprint density at radius 2 is 2.09 bits per heavy atom. The Morgan fingerprint density at radius 3 is 2.68 bits per heavy atom. The third kappa shape index (κ3) is 4.75. The van der Waals surface area contributed by atoms with Gasteiger partial charge in [0.2, 0.25) is 11.8 Å². The van der Waals surface area contributed by atoms with Gasteiger partial charge in [0.25, 0.3) is 0 Å². The maximum Gasteiger partial charge on any atom is 0.243 e. The maximum atomic E-state index is 12.4. The van der Waals surface area contributed by atoms with Gasteiger partial charge in [-0.15, -0.1) is 24.2 Å². The Labute approximate surface area is 142 Å². The fraction of sp³-hybridized carbons (Fsp3) is 0.857. The number of piperidine rings is 1. The fourth-order valence-electron chi connectivity index (χ4n) is 3.00. The Hall–Kier alpha value is -0.500. The number of nitrogens with zero attached hydrogens (tertiary/aromatic N) is 1. The van der Waals surface area contributed by atoms with Crippen LogP contribution in [0.2, 0.25) is 0 Å². The fourth-order valence-corrected chi connectivity index (χ4v) is 4.22. The van der Waals surface area contributed by atoms with Crippen LogP contribution in [0, 0.1) is 5.41 Å². The summed E-state index contributed by atoms with van der Waals surface area (Å²) in [6.07, 6.45) is 1.99. The summed E-state index contributed by atoms with van der Waals surface area (Å²) in [5.74, 6) is 1.22. The molecule has 1 unspecified atom stereocenters. The molecule has 2 aliphatic rings. The molecule has 2 fully saturated rings. The Morgan fingerprint density at radius 1 is 1.41 bits per heavy atom. The number of hydrogen-bond acceptors (Lipinski definition) is 5. The molecule has 2 heterocycles. The van der Waals surface area contributed by atoms with E-state index in [4.69, 9.17) is 4.74 Å². The quantitative estimate of drug-likeness (QED) is 0.753. The maximum absolute atomic E-state index is 12.4. The van der Waals surface area contributed by atoms with Crippen molar-refractivity contribution in [2.24, 2.45) is 5.41 Å². The van der Waals surface area contributed by atoms with Gasteiger partial charge in [0.15, 0.2) is 0 Å². The second-order valence-corrected chi connectivity index (χ2v) is 6.91. The second kappa shape index (κ2) is 8.96. The lowest BCUT2D eigenvalue weighted by molar-refractivity contribution is -0.136. The van der Waals surface area contributed by atoms with Crippen molar-refractivity contribution in [3.63, 3.8) is 0 Å². The number of carbonyl (C=O) groups excluding carboxylic acids is 2. The molecule has 0 aliphatic carbocycles. The first-order valence-corrected chi connectivity index (χ1v) is 8.56. The Balaban J connectivity index is 0.00000242. The van der Waals surface area contributed by atoms with Crippen molar-refractivity contribution in [2.75, 3.05) is 45.0 Å². The van der Waals surface area contributed by atoms with Crippen molar-refractivity contribution in [1.29, 1.82) is 0 Å². The number of rotatable bonds is 5. The number of amides is 2. The van der Waals surface area contributed by atoms with Gasteiger partial charge in [-0.1, -0.05) is 0 Å². The third-order valence-electron chi connectivity index (χ3n) is 4.34. The predicted octanol–water partition coefficient (Wildman–Crippen LogP) is 0.462. The highest BCUT2D eigenvalue weighted by Crippen LogP contribution is 2.28. The lowest BCUT2D eigenvalue weighted by Gasteiger charge is -2.37. The van der Waals surface area contributed by atoms with Crippen LogP contribution in [0.1, 0.15) is 19.8 Å². The zero-order chi connectivity index (χ0) is 15.3. The normalized spacial score (nSPS) is 23.7. The second-order valence-electron chi connectivity index (χ2n) is 5.91. The van der Waals surface area contributed by atoms with Crippen molar-refractivity contribution in [1.82, 2.24) is 15.5 Å². The molecule has 6 nitrogen and oxygen atoms in total. The average Bonchev–Trinajstić information content (AvgIpc) is 2.96. The summed E-state index contributed by atoms with van der Waals surface area (Å²) >= 11 is 1.63. The predicted molar refractivity (Wildman–Crippen MR) is 90.3 cm³/mol. The van der Waals surface area contributed by atoms with Crippen LogP contribution in [0.3, 0.4) is 0 Å². The van der Waals surface area contributed by atoms with E-state index in [1.165, 1.54) is 6.92 Å². The minimum atomic E-state index is -0.325. The SMILES string of the molecule is COCC1(CNC(=O)C2CSCN2C(C)=O)CCNCC1.Cl. The van der Waals surface area contributed by atoms with Gasteiger partial charge < -0.3 is 20.3 Å². The van der Waals surface area contributed by atoms with Gasteiger partial charge in [-0.25, -0.2) is 0 Å². The summed E-state index contributed by atoms with van der Waals surface area (Å²) in [7, 11) is 1.71. The molecule has 2 amide bonds. The topological polar surface area (TPSA) is 70.7 Å². The smallest absolute Gasteiger partial charge is 0.243 e. The summed E-state index contributed by atoms with van der Waals surface area (Å²) in [4.78, 5) is 25.6. The summed E-state index contributed by atoms with van der Waals surface area (Å²) in [5, 5.41) is 6.39. The van der Waals surface area contributed by atoms with Gasteiger partial charge in [-0.05, 0) is 25.9 Å². The van der Waals surface area contributed by atoms with Crippen molar-refractivity contribution in [3.8, 4) is 0 Å². The van der Waals surface area contributed by atoms with Crippen LogP contribution in [0.4, 0.5) is 0 Å². The molecule has 0 aromatic carbocycles. The molecule has 0 aromatic rings. The summed E-state index contributed by atoms with van der Waals surface area (Å²) in [6, 6.07) is -0.325. The van der Waals surface area contributed by atoms with E-state index in [9.17, 15) is 9.59 Å². The molecular formula is C14H26ClN3O3S. The molecule has 0 bridgehead atoms. The number of methoxy groups -OCH3 is 1. The van der Waals surface area contributed by atoms with Gasteiger partial charge in [0.1, 0.15) is 6.04 Å². The van der Waals surface area contributed by atoms with Crippen molar-refractivity contribution < 1.29 is 14.3 Å². The van der Waals surface area contributed by atoms with Gasteiger partial charge in [0.05, 0.1) is 12.5 Å². The molecule has 8 heteroatoms. The summed E-state index contributed by atoms with van der Waals surface area (Å²) < 4.78 is 5.35. The Bertz CT molecular complexity index is 386. The van der Waals surface area contributed by atoms with E-state index >= 15 is 0 Å². The van der Waals surface area contributed by atoms with E-state index in [1.54, 1.807) is 23.8 Å². The van der Waals surface area contributed by atoms with E-state index in [1.807, 2.05) is 0 Å². The number of hydrogen-bond donors (Lipinski definition) is 2. The molecule has 128 valence electrons. The number of halogens is 1. The summed E-state index contributed by atoms with van der Waals surface area (Å²) in [5.41, 5.74) is 0.0163. The first-order chi connectivity index (χ1) is 10.1. The van der Waals surface area contributed by atoms with Crippen molar-refractivity contribution in [2.45, 2.75) is 25.8 Å². The monoisotopic (exact) mass is 351 g/mol. The lowest BCUT2D eigenvalue weighted by atomic mass is 9.79. The van der Waals surface area contributed by atoms with Crippen LogP contribution in [-0.2, 0) is 14.3 Å². The standard InChI is InChI=1S/C14H25N3O3S.ClH/c1-11(18)17-10-21-7-12(17)13(19)16-8-14(9-20-2)3-5-15-6-4-14;/h12,15H,3-10H2,1-2H3,(H,16,19);1H. The van der Waals surface area contributed by atoms with Gasteiger partial charge in [-0.2, -0.15) is 0 Å². The highest BCUT2D eigenvalue weighted by Gasteiger charge is 2.36. The van der Waals surface area contributed by atoms with E-state index in [2.05, 4.69) is 10.6 Å². The van der Waals surface area contributed by atoms with Crippen molar-refractivity contribution >= 4 is 36.0 Å². The summed E-state index contributed by atoms with van der Waals surface area (Å²) in [6.45, 7) is 4.71. The van der Waals surface area contributed by atoms with Crippen LogP contribution in [-0.4, -0.2) is 67.7 Å². The van der Waals surface area contributed by atoms with E-state index in [0.717, 1.165) is 25.9 Å². The van der Waals surface area contributed by atoms with Gasteiger partial charge in [0, 0.05) is 31.7 Å². The van der Waals surface area contributed by atoms with Crippen LogP contribution in [0.5, 0.6) is 0 Å². The molecule has 0 spiro atoms. The molecule has 22 heavy (non-hydrogen) atoms. The van der Waals surface area contributed by atoms with Gasteiger partial charge >= 0.3 is 0 Å². The third-order valence-corrected chi connectivity index (χ3v) is 5.35. The average molecular weight is 352 g/mol. The molecule has 2 saturated heterocycles. The molecule has 0 saturated carbocycles. The van der Waals surface area contributed by atoms with Crippen LogP contribution in [0.25, 0.3) is 0 Å². The molecule has 0 aromatic heterocycles. The first kappa shape index (κ1) is 19.5. The number of ether oxygens (including phenoxy) is 1. The van der Waals surface area contributed by atoms with Crippen LogP contribution < -0.4 is 10.6 Å². The lowest BCUT2D eigenvalue weighted by Crippen LogP contribution is -2.52. The number of carbonyl (C=O) groups is 2. The van der Waals surface area contributed by atoms with E-state index < -0.39 is 0 Å². The highest BCUT2D eigenvalue weighted by atomic mass is 35.5. The van der Waals surface area contributed by atoms with Gasteiger partial charge in [-0.3, -0.25) is 9.59 Å². The zero-order valence-electron chi connectivity index (χ0n) is 13.2. The highest BCUT2D eigenvalue weighted by molar-refractivity contribution is 7.99. The molecule has 0 radical (unpaired) electrons. The minimum Gasteiger partial charge on any atom is -0.384 e.